The smallest absolute Gasteiger partial charge is 0.237 e. The van der Waals surface area contributed by atoms with Gasteiger partial charge < -0.3 is 5.32 Å². The zero-order chi connectivity index (χ0) is 12.4. The van der Waals surface area contributed by atoms with Crippen LogP contribution in [-0.2, 0) is 11.3 Å². The summed E-state index contributed by atoms with van der Waals surface area (Å²) in [5.41, 5.74) is 0. The first-order valence-corrected chi connectivity index (χ1v) is 7.42. The number of carbonyl (C=O) groups excluding carboxylic acids is 1. The average Bonchev–Trinajstić information content (AvgIpc) is 3.00. The number of nitrogens with one attached hydrogen (secondary N) is 1. The molecule has 1 amide bonds. The van der Waals surface area contributed by atoms with Crippen LogP contribution in [0.3, 0.4) is 0 Å². The van der Waals surface area contributed by atoms with Crippen LogP contribution in [-0.4, -0.2) is 29.9 Å². The topological polar surface area (TPSA) is 32.3 Å². The van der Waals surface area contributed by atoms with Crippen molar-refractivity contribution in [2.75, 3.05) is 7.05 Å². The van der Waals surface area contributed by atoms with E-state index in [1.807, 2.05) is 20.0 Å². The van der Waals surface area contributed by atoms with Crippen LogP contribution >= 0.6 is 27.3 Å². The fraction of sp³-hybridized carbons (Fsp3) is 0.583. The van der Waals surface area contributed by atoms with Crippen LogP contribution in [0.2, 0.25) is 0 Å². The fourth-order valence-electron chi connectivity index (χ4n) is 1.57. The third-order valence-electron chi connectivity index (χ3n) is 3.00. The van der Waals surface area contributed by atoms with Gasteiger partial charge in [-0.05, 0) is 54.9 Å². The largest absolute Gasteiger partial charge is 0.352 e. The van der Waals surface area contributed by atoms with Gasteiger partial charge in [0.25, 0.3) is 0 Å². The molecule has 0 radical (unpaired) electrons. The third-order valence-corrected chi connectivity index (χ3v) is 4.61. The summed E-state index contributed by atoms with van der Waals surface area (Å²) in [6, 6.07) is 4.50. The number of hydrogen-bond acceptors (Lipinski definition) is 3. The Labute approximate surface area is 114 Å². The Kier molecular flexibility index (Phi) is 4.22. The second-order valence-corrected chi connectivity index (χ2v) is 7.13. The van der Waals surface area contributed by atoms with Crippen molar-refractivity contribution >= 4 is 33.2 Å². The lowest BCUT2D eigenvalue weighted by molar-refractivity contribution is -0.125. The first kappa shape index (κ1) is 13.1. The Morgan fingerprint density at radius 3 is 2.88 bits per heavy atom. The van der Waals surface area contributed by atoms with Gasteiger partial charge in [-0.1, -0.05) is 0 Å². The maximum atomic E-state index is 11.9. The SMILES string of the molecule is C[C@@H](C(=O)NC1CC1)N(C)Cc1ccc(Br)s1. The number of halogens is 1. The zero-order valence-corrected chi connectivity index (χ0v) is 12.5. The van der Waals surface area contributed by atoms with E-state index < -0.39 is 0 Å². The highest BCUT2D eigenvalue weighted by molar-refractivity contribution is 9.11. The Morgan fingerprint density at radius 1 is 1.65 bits per heavy atom. The number of hydrogen-bond donors (Lipinski definition) is 1. The summed E-state index contributed by atoms with van der Waals surface area (Å²) in [4.78, 5) is 15.2. The number of rotatable bonds is 5. The fourth-order valence-corrected chi connectivity index (χ4v) is 3.12. The van der Waals surface area contributed by atoms with E-state index in [0.29, 0.717) is 6.04 Å². The van der Waals surface area contributed by atoms with Crippen molar-refractivity contribution in [3.63, 3.8) is 0 Å². The first-order chi connectivity index (χ1) is 8.06. The van der Waals surface area contributed by atoms with E-state index in [1.54, 1.807) is 11.3 Å². The van der Waals surface area contributed by atoms with Gasteiger partial charge in [0.1, 0.15) is 0 Å². The first-order valence-electron chi connectivity index (χ1n) is 5.81. The van der Waals surface area contributed by atoms with Gasteiger partial charge in [0.15, 0.2) is 0 Å². The molecule has 1 aromatic heterocycles. The van der Waals surface area contributed by atoms with Crippen LogP contribution < -0.4 is 5.32 Å². The minimum absolute atomic E-state index is 0.0727. The molecule has 1 N–H and O–H groups in total. The number of amides is 1. The van der Waals surface area contributed by atoms with Gasteiger partial charge >= 0.3 is 0 Å². The summed E-state index contributed by atoms with van der Waals surface area (Å²) in [6.07, 6.45) is 2.28. The maximum Gasteiger partial charge on any atom is 0.237 e. The van der Waals surface area contributed by atoms with E-state index in [-0.39, 0.29) is 11.9 Å². The van der Waals surface area contributed by atoms with Crippen molar-refractivity contribution in [2.45, 2.75) is 38.4 Å². The molecule has 1 aliphatic carbocycles. The highest BCUT2D eigenvalue weighted by Crippen LogP contribution is 2.23. The molecular formula is C12H17BrN2OS. The normalized spacial score (nSPS) is 17.2. The molecule has 3 nitrogen and oxygen atoms in total. The van der Waals surface area contributed by atoms with Crippen molar-refractivity contribution < 1.29 is 4.79 Å². The molecule has 1 aromatic rings. The highest BCUT2D eigenvalue weighted by Gasteiger charge is 2.27. The van der Waals surface area contributed by atoms with Crippen LogP contribution in [0.15, 0.2) is 15.9 Å². The van der Waals surface area contributed by atoms with Crippen LogP contribution in [0.25, 0.3) is 0 Å². The van der Waals surface area contributed by atoms with Crippen molar-refractivity contribution in [3.8, 4) is 0 Å². The van der Waals surface area contributed by atoms with Crippen LogP contribution in [0.5, 0.6) is 0 Å². The summed E-state index contributed by atoms with van der Waals surface area (Å²) < 4.78 is 1.14. The van der Waals surface area contributed by atoms with Crippen molar-refractivity contribution in [3.05, 3.63) is 20.8 Å². The van der Waals surface area contributed by atoms with Gasteiger partial charge in [-0.3, -0.25) is 9.69 Å². The minimum atomic E-state index is -0.0727. The molecular weight excluding hydrogens is 300 g/mol. The molecule has 0 spiro atoms. The number of likely N-dealkylation sites (N-methyl/N-ethyl adjacent to an activating group) is 1. The summed E-state index contributed by atoms with van der Waals surface area (Å²) >= 11 is 5.16. The van der Waals surface area contributed by atoms with Crippen LogP contribution in [0.4, 0.5) is 0 Å². The van der Waals surface area contributed by atoms with E-state index in [0.717, 1.165) is 23.2 Å². The molecule has 1 aliphatic rings. The maximum absolute atomic E-state index is 11.9. The molecule has 2 rings (SSSR count). The van der Waals surface area contributed by atoms with Gasteiger partial charge in [-0.25, -0.2) is 0 Å². The Hall–Kier alpha value is -0.390. The molecule has 0 unspecified atom stereocenters. The lowest BCUT2D eigenvalue weighted by Crippen LogP contribution is -2.43. The van der Waals surface area contributed by atoms with Crippen molar-refractivity contribution in [1.29, 1.82) is 0 Å². The molecule has 0 aliphatic heterocycles. The van der Waals surface area contributed by atoms with Gasteiger partial charge in [-0.15, -0.1) is 11.3 Å². The Balaban J connectivity index is 1.85. The van der Waals surface area contributed by atoms with Crippen LogP contribution in [0.1, 0.15) is 24.6 Å². The molecule has 0 bridgehead atoms. The lowest BCUT2D eigenvalue weighted by Gasteiger charge is -2.23. The molecule has 1 atom stereocenters. The predicted octanol–water partition coefficient (Wildman–Crippen LogP) is 2.61. The van der Waals surface area contributed by atoms with E-state index in [9.17, 15) is 4.79 Å². The standard InChI is InChI=1S/C12H17BrN2OS/c1-8(12(16)14-9-3-4-9)15(2)7-10-5-6-11(13)17-10/h5-6,8-9H,3-4,7H2,1-2H3,(H,14,16)/t8-/m0/s1. The quantitative estimate of drug-likeness (QED) is 0.905. The monoisotopic (exact) mass is 316 g/mol. The molecule has 5 heteroatoms. The summed E-state index contributed by atoms with van der Waals surface area (Å²) in [5, 5.41) is 3.04. The number of carbonyl (C=O) groups is 1. The second-order valence-electron chi connectivity index (χ2n) is 4.58. The van der Waals surface area contributed by atoms with Crippen LogP contribution in [0, 0.1) is 0 Å². The second kappa shape index (κ2) is 5.50. The van der Waals surface area contributed by atoms with Gasteiger partial charge in [0.2, 0.25) is 5.91 Å². The lowest BCUT2D eigenvalue weighted by atomic mass is 10.2. The molecule has 17 heavy (non-hydrogen) atoms. The predicted molar refractivity (Wildman–Crippen MR) is 74.1 cm³/mol. The average molecular weight is 317 g/mol. The van der Waals surface area contributed by atoms with Gasteiger partial charge in [0, 0.05) is 17.5 Å². The third kappa shape index (κ3) is 3.79. The highest BCUT2D eigenvalue weighted by atomic mass is 79.9. The minimum Gasteiger partial charge on any atom is -0.352 e. The van der Waals surface area contributed by atoms with Crippen molar-refractivity contribution in [1.82, 2.24) is 10.2 Å². The van der Waals surface area contributed by atoms with Crippen molar-refractivity contribution in [2.24, 2.45) is 0 Å². The molecule has 1 saturated carbocycles. The molecule has 94 valence electrons. The van der Waals surface area contributed by atoms with Gasteiger partial charge in [0.05, 0.1) is 9.83 Å². The molecule has 0 aromatic carbocycles. The molecule has 1 fully saturated rings. The number of thiophene rings is 1. The summed E-state index contributed by atoms with van der Waals surface area (Å²) in [6.45, 7) is 2.77. The summed E-state index contributed by atoms with van der Waals surface area (Å²) in [7, 11) is 1.99. The Morgan fingerprint density at radius 2 is 2.35 bits per heavy atom. The summed E-state index contributed by atoms with van der Waals surface area (Å²) in [5.74, 6) is 0.144. The van der Waals surface area contributed by atoms with E-state index >= 15 is 0 Å². The molecule has 1 heterocycles. The van der Waals surface area contributed by atoms with E-state index in [2.05, 4.69) is 32.2 Å². The Bertz CT molecular complexity index is 403. The molecule has 0 saturated heterocycles. The van der Waals surface area contributed by atoms with E-state index in [4.69, 9.17) is 0 Å². The number of nitrogens with zero attached hydrogens (tertiary/aromatic N) is 1. The van der Waals surface area contributed by atoms with E-state index in [1.165, 1.54) is 4.88 Å². The zero-order valence-electron chi connectivity index (χ0n) is 10.1. The van der Waals surface area contributed by atoms with Gasteiger partial charge in [-0.2, -0.15) is 0 Å².